The topological polar surface area (TPSA) is 27.7 Å². The fourth-order valence-electron chi connectivity index (χ4n) is 5.36. The molecule has 1 aromatic rings. The Hall–Kier alpha value is -0.630. The van der Waals surface area contributed by atoms with Crippen molar-refractivity contribution < 1.29 is 21.3 Å². The average molecular weight is 520 g/mol. The quantitative estimate of drug-likeness (QED) is 0.401. The van der Waals surface area contributed by atoms with Crippen molar-refractivity contribution in [3.63, 3.8) is 0 Å². The van der Waals surface area contributed by atoms with Crippen LogP contribution in [-0.4, -0.2) is 18.8 Å². The van der Waals surface area contributed by atoms with Gasteiger partial charge in [-0.2, -0.15) is 8.78 Å². The molecule has 0 radical (unpaired) electrons. The molecule has 1 aromatic carbocycles. The largest absolute Gasteiger partial charge is 0.490 e. The van der Waals surface area contributed by atoms with Gasteiger partial charge >= 0.3 is 0 Å². The maximum absolute atomic E-state index is 14.4. The van der Waals surface area contributed by atoms with Gasteiger partial charge in [-0.05, 0) is 95.0 Å². The average Bonchev–Trinajstić information content (AvgIpc) is 2.76. The van der Waals surface area contributed by atoms with Gasteiger partial charge < -0.3 is 12.5 Å². The minimum Gasteiger partial charge on any atom is -0.490 e. The van der Waals surface area contributed by atoms with Crippen LogP contribution < -0.4 is 9.47 Å². The second-order valence-corrected chi connectivity index (χ2v) is 9.68. The fraction of sp³-hybridized carbons (Fsp3) is 0.739. The Labute approximate surface area is 186 Å². The number of hydrogen-bond acceptors (Lipinski definition) is 3. The number of fused-ring (bicyclic) bond motifs is 1. The van der Waals surface area contributed by atoms with Crippen LogP contribution in [0.25, 0.3) is 0 Å². The van der Waals surface area contributed by atoms with E-state index in [1.54, 1.807) is 6.07 Å². The van der Waals surface area contributed by atoms with E-state index in [0.29, 0.717) is 30.6 Å². The summed E-state index contributed by atoms with van der Waals surface area (Å²) in [7, 11) is 0. The van der Waals surface area contributed by atoms with Crippen molar-refractivity contribution in [2.75, 3.05) is 6.61 Å². The van der Waals surface area contributed by atoms with Crippen LogP contribution in [0.5, 0.6) is 11.5 Å². The number of hydrogen-bond donors (Lipinski definition) is 0. The van der Waals surface area contributed by atoms with Gasteiger partial charge in [0.05, 0.1) is 18.8 Å². The van der Waals surface area contributed by atoms with E-state index in [2.05, 4.69) is 0 Å². The number of benzene rings is 1. The van der Waals surface area contributed by atoms with Gasteiger partial charge in [-0.25, -0.2) is 0 Å². The molecule has 1 aliphatic heterocycles. The van der Waals surface area contributed by atoms with Crippen LogP contribution in [0.1, 0.15) is 70.3 Å². The molecule has 3 aliphatic rings. The van der Waals surface area contributed by atoms with Crippen LogP contribution in [0.2, 0.25) is 0 Å². The van der Waals surface area contributed by atoms with Crippen molar-refractivity contribution >= 4 is 23.0 Å². The predicted molar refractivity (Wildman–Crippen MR) is 117 cm³/mol. The van der Waals surface area contributed by atoms with Crippen molar-refractivity contribution in [1.29, 1.82) is 0 Å². The van der Waals surface area contributed by atoms with Crippen LogP contribution in [0, 0.1) is 29.4 Å². The van der Waals surface area contributed by atoms with Crippen molar-refractivity contribution in [1.82, 2.24) is 0 Å². The molecule has 0 saturated heterocycles. The molecule has 2 fully saturated rings. The predicted octanol–water partition coefficient (Wildman–Crippen LogP) is 6.79. The molecule has 0 amide bonds. The molecular formula is C23H31F2IO3. The van der Waals surface area contributed by atoms with Gasteiger partial charge in [0, 0.05) is 5.56 Å². The molecule has 162 valence electrons. The third-order valence-corrected chi connectivity index (χ3v) is 7.94. The lowest BCUT2D eigenvalue weighted by Crippen LogP contribution is -2.29. The van der Waals surface area contributed by atoms with Crippen LogP contribution in [-0.2, 0) is 9.49 Å². The minimum atomic E-state index is -0.916. The number of halogens is 3. The Kier molecular flexibility index (Phi) is 7.20. The van der Waals surface area contributed by atoms with Gasteiger partial charge in [0.25, 0.3) is 0 Å². The highest BCUT2D eigenvalue weighted by Gasteiger charge is 2.32. The first-order chi connectivity index (χ1) is 14.0. The molecule has 2 aliphatic carbocycles. The zero-order valence-corrected chi connectivity index (χ0v) is 19.3. The SMILES string of the molecule is CC1CCc2cc(OCC3CCC(C4CCC(OI)CC4)CC3)c(F)c(F)c2O1. The van der Waals surface area contributed by atoms with Crippen LogP contribution in [0.4, 0.5) is 8.78 Å². The van der Waals surface area contributed by atoms with Gasteiger partial charge in [-0.3, -0.25) is 0 Å². The second-order valence-electron chi connectivity index (χ2n) is 9.18. The highest BCUT2D eigenvalue weighted by molar-refractivity contribution is 14.1. The molecule has 3 nitrogen and oxygen atoms in total. The summed E-state index contributed by atoms with van der Waals surface area (Å²) < 4.78 is 45.6. The first-order valence-corrected chi connectivity index (χ1v) is 12.0. The van der Waals surface area contributed by atoms with E-state index in [-0.39, 0.29) is 17.6 Å². The molecule has 0 N–H and O–H groups in total. The monoisotopic (exact) mass is 520 g/mol. The molecule has 4 rings (SSSR count). The molecule has 6 heteroatoms. The molecule has 1 unspecified atom stereocenters. The normalized spacial score (nSPS) is 32.3. The molecule has 1 atom stereocenters. The first-order valence-electron chi connectivity index (χ1n) is 11.1. The third-order valence-electron chi connectivity index (χ3n) is 7.22. The van der Waals surface area contributed by atoms with Crippen molar-refractivity contribution in [3.05, 3.63) is 23.3 Å². The van der Waals surface area contributed by atoms with Gasteiger partial charge in [0.1, 0.15) is 23.0 Å². The van der Waals surface area contributed by atoms with E-state index in [9.17, 15) is 8.78 Å². The van der Waals surface area contributed by atoms with Crippen molar-refractivity contribution in [2.24, 2.45) is 17.8 Å². The number of ether oxygens (including phenoxy) is 2. The van der Waals surface area contributed by atoms with Gasteiger partial charge in [-0.15, -0.1) is 0 Å². The number of aryl methyl sites for hydroxylation is 1. The molecular weight excluding hydrogens is 489 g/mol. The van der Waals surface area contributed by atoms with E-state index in [1.807, 2.05) is 29.9 Å². The lowest BCUT2D eigenvalue weighted by Gasteiger charge is -2.37. The minimum absolute atomic E-state index is 0.0404. The lowest BCUT2D eigenvalue weighted by molar-refractivity contribution is 0.104. The maximum Gasteiger partial charge on any atom is 0.204 e. The second kappa shape index (κ2) is 9.67. The summed E-state index contributed by atoms with van der Waals surface area (Å²) in [6, 6.07) is 1.64. The van der Waals surface area contributed by atoms with Crippen molar-refractivity contribution in [2.45, 2.75) is 83.3 Å². The molecule has 2 saturated carbocycles. The van der Waals surface area contributed by atoms with E-state index < -0.39 is 11.6 Å². The molecule has 1 heterocycles. The summed E-state index contributed by atoms with van der Waals surface area (Å²) in [5, 5.41) is 0. The zero-order chi connectivity index (χ0) is 20.4. The summed E-state index contributed by atoms with van der Waals surface area (Å²) in [5.41, 5.74) is 0.715. The highest BCUT2D eigenvalue weighted by atomic mass is 127. The zero-order valence-electron chi connectivity index (χ0n) is 17.1. The highest BCUT2D eigenvalue weighted by Crippen LogP contribution is 2.41. The van der Waals surface area contributed by atoms with Crippen LogP contribution in [0.3, 0.4) is 0 Å². The van der Waals surface area contributed by atoms with Gasteiger partial charge in [0.2, 0.25) is 11.6 Å². The Bertz CT molecular complexity index is 698. The maximum atomic E-state index is 14.4. The first kappa shape index (κ1) is 21.6. The molecule has 0 bridgehead atoms. The number of rotatable bonds is 5. The Morgan fingerprint density at radius 1 is 0.966 bits per heavy atom. The Morgan fingerprint density at radius 3 is 2.28 bits per heavy atom. The van der Waals surface area contributed by atoms with E-state index in [0.717, 1.165) is 31.1 Å². The Balaban J connectivity index is 1.28. The summed E-state index contributed by atoms with van der Waals surface area (Å²) in [4.78, 5) is 0. The van der Waals surface area contributed by atoms with Gasteiger partial charge in [-0.1, -0.05) is 0 Å². The standard InChI is InChI=1S/C23H31F2IO3/c1-14-2-5-18-12-20(21(24)22(25)23(18)28-14)27-13-15-3-6-16(7-4-15)17-8-10-19(29-26)11-9-17/h12,14-17,19H,2-11,13H2,1H3. The van der Waals surface area contributed by atoms with Crippen LogP contribution >= 0.6 is 23.0 Å². The lowest BCUT2D eigenvalue weighted by atomic mass is 9.71. The van der Waals surface area contributed by atoms with E-state index in [4.69, 9.17) is 12.5 Å². The summed E-state index contributed by atoms with van der Waals surface area (Å²) in [6.45, 7) is 2.35. The van der Waals surface area contributed by atoms with E-state index >= 15 is 0 Å². The molecule has 0 aromatic heterocycles. The summed E-state index contributed by atoms with van der Waals surface area (Å²) in [6.07, 6.45) is 11.5. The summed E-state index contributed by atoms with van der Waals surface area (Å²) in [5.74, 6) is 0.345. The van der Waals surface area contributed by atoms with Crippen LogP contribution in [0.15, 0.2) is 6.07 Å². The molecule has 29 heavy (non-hydrogen) atoms. The Morgan fingerprint density at radius 2 is 1.62 bits per heavy atom. The van der Waals surface area contributed by atoms with Gasteiger partial charge in [0.15, 0.2) is 11.5 Å². The molecule has 0 spiro atoms. The van der Waals surface area contributed by atoms with Crippen molar-refractivity contribution in [3.8, 4) is 11.5 Å². The third kappa shape index (κ3) is 5.00. The summed E-state index contributed by atoms with van der Waals surface area (Å²) >= 11 is 2.03. The fourth-order valence-corrected chi connectivity index (χ4v) is 5.86. The smallest absolute Gasteiger partial charge is 0.204 e. The van der Waals surface area contributed by atoms with E-state index in [1.165, 1.54) is 38.5 Å².